The number of amides is 1. The molecule has 124 valence electrons. The first-order chi connectivity index (χ1) is 11.4. The summed E-state index contributed by atoms with van der Waals surface area (Å²) in [5.74, 6) is -0.540. The molecular formula is C17H19N5O2. The minimum absolute atomic E-state index is 0.132. The van der Waals surface area contributed by atoms with Gasteiger partial charge in [0.15, 0.2) is 5.69 Å². The highest BCUT2D eigenvalue weighted by Crippen LogP contribution is 2.13. The average Bonchev–Trinajstić information content (AvgIpc) is 2.99. The zero-order valence-electron chi connectivity index (χ0n) is 14.1. The van der Waals surface area contributed by atoms with Gasteiger partial charge in [-0.05, 0) is 32.9 Å². The van der Waals surface area contributed by atoms with Gasteiger partial charge in [-0.25, -0.2) is 0 Å². The average molecular weight is 325 g/mol. The van der Waals surface area contributed by atoms with Crippen molar-refractivity contribution < 1.29 is 4.79 Å². The van der Waals surface area contributed by atoms with Gasteiger partial charge in [-0.1, -0.05) is 11.6 Å². The first kappa shape index (κ1) is 15.9. The molecule has 0 fully saturated rings. The van der Waals surface area contributed by atoms with E-state index in [1.54, 1.807) is 34.9 Å². The van der Waals surface area contributed by atoms with Gasteiger partial charge in [-0.3, -0.25) is 19.0 Å². The second-order valence-corrected chi connectivity index (χ2v) is 6.08. The van der Waals surface area contributed by atoms with E-state index in [0.717, 1.165) is 5.56 Å². The standard InChI is InChI=1S/C17H19N5O2/c1-10(2)22-9-12(8-18-22)19-17(24)15-16(23)13-7-11(3)5-6-14(13)21(4)20-15/h5-10H,1-4H3,(H,19,24). The number of anilines is 1. The van der Waals surface area contributed by atoms with E-state index >= 15 is 0 Å². The van der Waals surface area contributed by atoms with Gasteiger partial charge in [0, 0.05) is 19.3 Å². The second-order valence-electron chi connectivity index (χ2n) is 6.08. The summed E-state index contributed by atoms with van der Waals surface area (Å²) in [4.78, 5) is 25.1. The topological polar surface area (TPSA) is 81.8 Å². The van der Waals surface area contributed by atoms with Crippen LogP contribution in [0.5, 0.6) is 0 Å². The Morgan fingerprint density at radius 2 is 2.04 bits per heavy atom. The van der Waals surface area contributed by atoms with E-state index in [2.05, 4.69) is 15.5 Å². The number of hydrogen-bond donors (Lipinski definition) is 1. The predicted octanol–water partition coefficient (Wildman–Crippen LogP) is 2.27. The van der Waals surface area contributed by atoms with Crippen LogP contribution in [0.15, 0.2) is 35.4 Å². The minimum atomic E-state index is -0.540. The molecule has 0 aliphatic heterocycles. The smallest absolute Gasteiger partial charge is 0.280 e. The summed E-state index contributed by atoms with van der Waals surface area (Å²) in [6.07, 6.45) is 3.27. The lowest BCUT2D eigenvalue weighted by Gasteiger charge is -2.08. The van der Waals surface area contributed by atoms with E-state index in [1.807, 2.05) is 32.9 Å². The Balaban J connectivity index is 2.00. The highest BCUT2D eigenvalue weighted by atomic mass is 16.2. The number of carbonyl (C=O) groups is 1. The Kier molecular flexibility index (Phi) is 3.92. The Labute approximate surface area is 138 Å². The maximum atomic E-state index is 12.6. The predicted molar refractivity (Wildman–Crippen MR) is 92.3 cm³/mol. The van der Waals surface area contributed by atoms with Crippen molar-refractivity contribution in [2.45, 2.75) is 26.8 Å². The van der Waals surface area contributed by atoms with Gasteiger partial charge in [0.05, 0.1) is 22.8 Å². The van der Waals surface area contributed by atoms with Crippen molar-refractivity contribution in [2.24, 2.45) is 7.05 Å². The molecule has 1 aromatic carbocycles. The molecule has 7 heteroatoms. The second kappa shape index (κ2) is 5.92. The van der Waals surface area contributed by atoms with Crippen LogP contribution in [0.25, 0.3) is 10.9 Å². The van der Waals surface area contributed by atoms with Gasteiger partial charge in [0.25, 0.3) is 5.91 Å². The van der Waals surface area contributed by atoms with Crippen LogP contribution in [0, 0.1) is 6.92 Å². The SMILES string of the molecule is Cc1ccc2c(c1)c(=O)c(C(=O)Nc1cnn(C(C)C)c1)nn2C. The van der Waals surface area contributed by atoms with Crippen molar-refractivity contribution in [1.82, 2.24) is 19.6 Å². The molecule has 1 N–H and O–H groups in total. The molecule has 24 heavy (non-hydrogen) atoms. The zero-order chi connectivity index (χ0) is 17.4. The van der Waals surface area contributed by atoms with E-state index in [1.165, 1.54) is 0 Å². The van der Waals surface area contributed by atoms with Crippen molar-refractivity contribution in [3.05, 3.63) is 52.1 Å². The van der Waals surface area contributed by atoms with Gasteiger partial charge in [-0.15, -0.1) is 0 Å². The summed E-state index contributed by atoms with van der Waals surface area (Å²) in [5.41, 5.74) is 1.67. The fourth-order valence-corrected chi connectivity index (χ4v) is 2.51. The molecule has 0 atom stereocenters. The molecular weight excluding hydrogens is 306 g/mol. The van der Waals surface area contributed by atoms with E-state index < -0.39 is 5.91 Å². The number of benzene rings is 1. The van der Waals surface area contributed by atoms with Gasteiger partial charge in [0.1, 0.15) is 0 Å². The molecule has 0 unspecified atom stereocenters. The van der Waals surface area contributed by atoms with Crippen LogP contribution in [-0.4, -0.2) is 25.5 Å². The quantitative estimate of drug-likeness (QED) is 0.801. The number of nitrogens with zero attached hydrogens (tertiary/aromatic N) is 4. The van der Waals surface area contributed by atoms with Crippen molar-refractivity contribution in [1.29, 1.82) is 0 Å². The lowest BCUT2D eigenvalue weighted by atomic mass is 10.1. The largest absolute Gasteiger partial charge is 0.318 e. The molecule has 0 aliphatic carbocycles. The van der Waals surface area contributed by atoms with Crippen molar-refractivity contribution in [3.63, 3.8) is 0 Å². The van der Waals surface area contributed by atoms with Crippen LogP contribution >= 0.6 is 0 Å². The number of nitrogens with one attached hydrogen (secondary N) is 1. The first-order valence-corrected chi connectivity index (χ1v) is 7.70. The van der Waals surface area contributed by atoms with E-state index in [0.29, 0.717) is 16.6 Å². The maximum Gasteiger partial charge on any atom is 0.280 e. The molecule has 1 amide bonds. The summed E-state index contributed by atoms with van der Waals surface area (Å²) >= 11 is 0. The Morgan fingerprint density at radius 3 is 2.71 bits per heavy atom. The Bertz CT molecular complexity index is 984. The molecule has 2 heterocycles. The number of aromatic nitrogens is 4. The number of fused-ring (bicyclic) bond motifs is 1. The number of hydrogen-bond acceptors (Lipinski definition) is 4. The molecule has 3 aromatic rings. The summed E-state index contributed by atoms with van der Waals surface area (Å²) in [7, 11) is 1.71. The number of rotatable bonds is 3. The molecule has 0 saturated heterocycles. The summed E-state index contributed by atoms with van der Waals surface area (Å²) in [6.45, 7) is 5.88. The lowest BCUT2D eigenvalue weighted by molar-refractivity contribution is 0.101. The lowest BCUT2D eigenvalue weighted by Crippen LogP contribution is -2.26. The summed E-state index contributed by atoms with van der Waals surface area (Å²) in [6, 6.07) is 5.69. The molecule has 7 nitrogen and oxygen atoms in total. The fourth-order valence-electron chi connectivity index (χ4n) is 2.51. The van der Waals surface area contributed by atoms with Crippen molar-refractivity contribution in [3.8, 4) is 0 Å². The Morgan fingerprint density at radius 1 is 1.29 bits per heavy atom. The van der Waals surface area contributed by atoms with Gasteiger partial charge >= 0.3 is 0 Å². The van der Waals surface area contributed by atoms with Crippen LogP contribution in [0.4, 0.5) is 5.69 Å². The maximum absolute atomic E-state index is 12.6. The molecule has 3 rings (SSSR count). The van der Waals surface area contributed by atoms with E-state index in [9.17, 15) is 9.59 Å². The van der Waals surface area contributed by atoms with Crippen LogP contribution in [0.1, 0.15) is 35.9 Å². The number of carbonyl (C=O) groups excluding carboxylic acids is 1. The van der Waals surface area contributed by atoms with E-state index in [4.69, 9.17) is 0 Å². The zero-order valence-corrected chi connectivity index (χ0v) is 14.1. The molecule has 0 saturated carbocycles. The molecule has 0 radical (unpaired) electrons. The highest BCUT2D eigenvalue weighted by molar-refractivity contribution is 6.04. The summed E-state index contributed by atoms with van der Waals surface area (Å²) in [5, 5.41) is 11.5. The third-order valence-electron chi connectivity index (χ3n) is 3.81. The highest BCUT2D eigenvalue weighted by Gasteiger charge is 2.17. The fraction of sp³-hybridized carbons (Fsp3) is 0.294. The van der Waals surface area contributed by atoms with E-state index in [-0.39, 0.29) is 17.2 Å². The normalized spacial score (nSPS) is 11.2. The van der Waals surface area contributed by atoms with Gasteiger partial charge < -0.3 is 5.32 Å². The molecule has 0 bridgehead atoms. The Hall–Kier alpha value is -2.96. The van der Waals surface area contributed by atoms with Crippen molar-refractivity contribution in [2.75, 3.05) is 5.32 Å². The monoisotopic (exact) mass is 325 g/mol. The van der Waals surface area contributed by atoms with Crippen LogP contribution < -0.4 is 10.7 Å². The summed E-state index contributed by atoms with van der Waals surface area (Å²) < 4.78 is 3.27. The van der Waals surface area contributed by atoms with Crippen LogP contribution in [-0.2, 0) is 7.05 Å². The minimum Gasteiger partial charge on any atom is -0.318 e. The van der Waals surface area contributed by atoms with Gasteiger partial charge in [0.2, 0.25) is 5.43 Å². The van der Waals surface area contributed by atoms with Crippen LogP contribution in [0.2, 0.25) is 0 Å². The third kappa shape index (κ3) is 2.80. The van der Waals surface area contributed by atoms with Crippen molar-refractivity contribution >= 4 is 22.5 Å². The first-order valence-electron chi connectivity index (χ1n) is 7.70. The van der Waals surface area contributed by atoms with Crippen LogP contribution in [0.3, 0.4) is 0 Å². The molecule has 0 spiro atoms. The molecule has 2 aromatic heterocycles. The third-order valence-corrected chi connectivity index (χ3v) is 3.81. The number of aryl methyl sites for hydroxylation is 2. The van der Waals surface area contributed by atoms with Gasteiger partial charge in [-0.2, -0.15) is 10.2 Å². The molecule has 0 aliphatic rings.